The van der Waals surface area contributed by atoms with Gasteiger partial charge in [-0.05, 0) is 30.3 Å². The molecule has 2 N–H and O–H groups in total. The molecule has 2 heterocycles. The second-order valence-electron chi connectivity index (χ2n) is 5.61. The number of imidazole rings is 1. The first-order valence-corrected chi connectivity index (χ1v) is 7.76. The number of nitrogens with zero attached hydrogens (tertiary/aromatic N) is 3. The highest BCUT2D eigenvalue weighted by molar-refractivity contribution is 5.75. The normalized spacial score (nSPS) is 10.9. The maximum atomic E-state index is 12.9. The van der Waals surface area contributed by atoms with E-state index in [1.165, 1.54) is 12.1 Å². The number of hydrogen-bond acceptors (Lipinski definition) is 4. The summed E-state index contributed by atoms with van der Waals surface area (Å²) in [4.78, 5) is 8.80. The second-order valence-corrected chi connectivity index (χ2v) is 5.61. The fourth-order valence-corrected chi connectivity index (χ4v) is 2.59. The summed E-state index contributed by atoms with van der Waals surface area (Å²) in [6.45, 7) is 0.276. The van der Waals surface area contributed by atoms with Gasteiger partial charge in [-0.3, -0.25) is 4.40 Å². The minimum atomic E-state index is -0.294. The van der Waals surface area contributed by atoms with Crippen LogP contribution < -0.4 is 10.5 Å². The fraction of sp³-hybridized carbons (Fsp3) is 0.0526. The largest absolute Gasteiger partial charge is 0.487 e. The van der Waals surface area contributed by atoms with Gasteiger partial charge in [0.2, 0.25) is 5.78 Å². The molecule has 0 spiro atoms. The van der Waals surface area contributed by atoms with Crippen LogP contribution in [0.5, 0.6) is 5.75 Å². The number of aromatic nitrogens is 3. The van der Waals surface area contributed by atoms with Gasteiger partial charge in [0.15, 0.2) is 0 Å². The van der Waals surface area contributed by atoms with Gasteiger partial charge in [0.05, 0.1) is 5.69 Å². The molecule has 4 rings (SSSR count). The predicted molar refractivity (Wildman–Crippen MR) is 93.6 cm³/mol. The zero-order chi connectivity index (χ0) is 17.2. The number of rotatable bonds is 4. The van der Waals surface area contributed by atoms with E-state index in [1.807, 2.05) is 41.1 Å². The van der Waals surface area contributed by atoms with Crippen molar-refractivity contribution in [3.63, 3.8) is 0 Å². The Kier molecular flexibility index (Phi) is 3.78. The van der Waals surface area contributed by atoms with Crippen LogP contribution in [0, 0.1) is 5.82 Å². The standard InChI is InChI=1S/C19H15FN4O/c20-14-5-7-16(8-6-14)25-12-15-11-24-10-13(9-22-19(24)23-15)17-3-1-2-4-18(17)21/h1-11H,12,21H2. The molecule has 25 heavy (non-hydrogen) atoms. The molecule has 4 aromatic rings. The van der Waals surface area contributed by atoms with Crippen LogP contribution in [0.4, 0.5) is 10.1 Å². The SMILES string of the molecule is Nc1ccccc1-c1cnc2nc(COc3ccc(F)cc3)cn2c1. The lowest BCUT2D eigenvalue weighted by molar-refractivity contribution is 0.301. The number of halogens is 1. The summed E-state index contributed by atoms with van der Waals surface area (Å²) in [5, 5.41) is 0. The van der Waals surface area contributed by atoms with Crippen molar-refractivity contribution >= 4 is 11.5 Å². The molecule has 0 unspecified atom stereocenters. The number of nitrogens with two attached hydrogens (primary N) is 1. The van der Waals surface area contributed by atoms with Crippen LogP contribution in [0.1, 0.15) is 5.69 Å². The van der Waals surface area contributed by atoms with E-state index in [-0.39, 0.29) is 12.4 Å². The van der Waals surface area contributed by atoms with E-state index in [0.29, 0.717) is 17.2 Å². The Morgan fingerprint density at radius 3 is 2.64 bits per heavy atom. The lowest BCUT2D eigenvalue weighted by atomic mass is 10.1. The zero-order valence-corrected chi connectivity index (χ0v) is 13.3. The quantitative estimate of drug-likeness (QED) is 0.578. The molecule has 0 aliphatic heterocycles. The lowest BCUT2D eigenvalue weighted by Crippen LogP contribution is -1.95. The third-order valence-corrected chi connectivity index (χ3v) is 3.83. The molecule has 2 aromatic heterocycles. The summed E-state index contributed by atoms with van der Waals surface area (Å²) in [6, 6.07) is 13.5. The van der Waals surface area contributed by atoms with E-state index >= 15 is 0 Å². The first kappa shape index (κ1) is 15.1. The number of para-hydroxylation sites is 1. The summed E-state index contributed by atoms with van der Waals surface area (Å²) >= 11 is 0. The van der Waals surface area contributed by atoms with Gasteiger partial charge in [-0.1, -0.05) is 18.2 Å². The van der Waals surface area contributed by atoms with Gasteiger partial charge in [-0.2, -0.15) is 0 Å². The predicted octanol–water partition coefficient (Wildman–Crippen LogP) is 3.70. The van der Waals surface area contributed by atoms with E-state index in [1.54, 1.807) is 18.3 Å². The average Bonchev–Trinajstić information content (AvgIpc) is 3.04. The third-order valence-electron chi connectivity index (χ3n) is 3.83. The number of anilines is 1. The minimum absolute atomic E-state index is 0.276. The van der Waals surface area contributed by atoms with E-state index in [9.17, 15) is 4.39 Å². The van der Waals surface area contributed by atoms with Crippen LogP contribution in [0.15, 0.2) is 67.1 Å². The maximum absolute atomic E-state index is 12.9. The molecule has 0 aliphatic rings. The highest BCUT2D eigenvalue weighted by Crippen LogP contribution is 2.25. The molecule has 6 heteroatoms. The molecule has 0 saturated heterocycles. The van der Waals surface area contributed by atoms with Gasteiger partial charge in [-0.15, -0.1) is 0 Å². The molecule has 0 fully saturated rings. The van der Waals surface area contributed by atoms with Crippen LogP contribution in [0.2, 0.25) is 0 Å². The Balaban J connectivity index is 1.58. The zero-order valence-electron chi connectivity index (χ0n) is 13.3. The van der Waals surface area contributed by atoms with Gasteiger partial charge in [0, 0.05) is 35.4 Å². The molecule has 5 nitrogen and oxygen atoms in total. The summed E-state index contributed by atoms with van der Waals surface area (Å²) < 4.78 is 20.4. The van der Waals surface area contributed by atoms with Crippen molar-refractivity contribution in [2.24, 2.45) is 0 Å². The Morgan fingerprint density at radius 1 is 1.04 bits per heavy atom. The molecule has 0 bridgehead atoms. The summed E-state index contributed by atoms with van der Waals surface area (Å²) in [5.74, 6) is 0.872. The Bertz CT molecular complexity index is 1030. The van der Waals surface area contributed by atoms with Crippen molar-refractivity contribution in [1.29, 1.82) is 0 Å². The molecule has 124 valence electrons. The number of nitrogen functional groups attached to an aromatic ring is 1. The van der Waals surface area contributed by atoms with Crippen molar-refractivity contribution in [2.45, 2.75) is 6.61 Å². The van der Waals surface area contributed by atoms with Gasteiger partial charge < -0.3 is 10.5 Å². The maximum Gasteiger partial charge on any atom is 0.234 e. The highest BCUT2D eigenvalue weighted by Gasteiger charge is 2.07. The first-order chi connectivity index (χ1) is 12.2. The molecule has 0 aliphatic carbocycles. The monoisotopic (exact) mass is 334 g/mol. The van der Waals surface area contributed by atoms with Gasteiger partial charge in [-0.25, -0.2) is 14.4 Å². The van der Waals surface area contributed by atoms with Gasteiger partial charge in [0.25, 0.3) is 0 Å². The Labute approximate surface area is 143 Å². The van der Waals surface area contributed by atoms with Gasteiger partial charge in [0.1, 0.15) is 18.2 Å². The molecule has 2 aromatic carbocycles. The summed E-state index contributed by atoms with van der Waals surface area (Å²) in [6.07, 6.45) is 5.54. The van der Waals surface area contributed by atoms with Crippen molar-refractivity contribution in [1.82, 2.24) is 14.4 Å². The number of hydrogen-bond donors (Lipinski definition) is 1. The summed E-state index contributed by atoms with van der Waals surface area (Å²) in [7, 11) is 0. The van der Waals surface area contributed by atoms with Crippen LogP contribution >= 0.6 is 0 Å². The fourth-order valence-electron chi connectivity index (χ4n) is 2.59. The van der Waals surface area contributed by atoms with Crippen LogP contribution in [0.25, 0.3) is 16.9 Å². The van der Waals surface area contributed by atoms with Crippen LogP contribution in [-0.2, 0) is 6.61 Å². The van der Waals surface area contributed by atoms with Gasteiger partial charge >= 0.3 is 0 Å². The van der Waals surface area contributed by atoms with Crippen molar-refractivity contribution in [3.8, 4) is 16.9 Å². The number of benzene rings is 2. The van der Waals surface area contributed by atoms with Crippen molar-refractivity contribution in [2.75, 3.05) is 5.73 Å². The van der Waals surface area contributed by atoms with E-state index in [4.69, 9.17) is 10.5 Å². The molecule has 0 atom stereocenters. The van der Waals surface area contributed by atoms with Crippen LogP contribution in [-0.4, -0.2) is 14.4 Å². The molecular weight excluding hydrogens is 319 g/mol. The average molecular weight is 334 g/mol. The molecular formula is C19H15FN4O. The van der Waals surface area contributed by atoms with E-state index in [0.717, 1.165) is 16.8 Å². The third kappa shape index (κ3) is 3.14. The first-order valence-electron chi connectivity index (χ1n) is 7.76. The number of fused-ring (bicyclic) bond motifs is 1. The van der Waals surface area contributed by atoms with E-state index < -0.39 is 0 Å². The second kappa shape index (κ2) is 6.24. The highest BCUT2D eigenvalue weighted by atomic mass is 19.1. The Morgan fingerprint density at radius 2 is 1.84 bits per heavy atom. The minimum Gasteiger partial charge on any atom is -0.487 e. The van der Waals surface area contributed by atoms with Crippen LogP contribution in [0.3, 0.4) is 0 Å². The summed E-state index contributed by atoms with van der Waals surface area (Å²) in [5.41, 5.74) is 9.29. The molecule has 0 radical (unpaired) electrons. The van der Waals surface area contributed by atoms with E-state index in [2.05, 4.69) is 9.97 Å². The van der Waals surface area contributed by atoms with Crippen molar-refractivity contribution < 1.29 is 9.13 Å². The number of ether oxygens (including phenoxy) is 1. The van der Waals surface area contributed by atoms with Crippen molar-refractivity contribution in [3.05, 3.63) is 78.6 Å². The molecule has 0 amide bonds. The molecule has 0 saturated carbocycles. The smallest absolute Gasteiger partial charge is 0.234 e. The Hall–Kier alpha value is -3.41. The lowest BCUT2D eigenvalue weighted by Gasteiger charge is -2.05. The topological polar surface area (TPSA) is 65.4 Å².